The number of benzene rings is 1. The van der Waals surface area contributed by atoms with Crippen LogP contribution in [0.4, 0.5) is 5.69 Å². The summed E-state index contributed by atoms with van der Waals surface area (Å²) in [7, 11) is 1.92. The molecule has 2 rings (SSSR count). The third kappa shape index (κ3) is 4.21. The number of nitrogens with zero attached hydrogens (tertiary/aromatic N) is 1. The van der Waals surface area contributed by atoms with Crippen molar-refractivity contribution in [2.24, 2.45) is 5.92 Å². The monoisotopic (exact) mass is 290 g/mol. The molecule has 1 aliphatic rings. The minimum absolute atomic E-state index is 0.0168. The Hall–Kier alpha value is -1.55. The summed E-state index contributed by atoms with van der Waals surface area (Å²) in [6.45, 7) is 2.56. The molecule has 2 N–H and O–H groups in total. The zero-order valence-corrected chi connectivity index (χ0v) is 13.0. The van der Waals surface area contributed by atoms with Gasteiger partial charge in [-0.25, -0.2) is 0 Å². The fraction of sp³-hybridized carbons (Fsp3) is 0.588. The average Bonchev–Trinajstić information content (AvgIpc) is 2.52. The van der Waals surface area contributed by atoms with Crippen LogP contribution in [-0.2, 0) is 11.4 Å². The number of likely N-dealkylation sites (N-methyl/N-ethyl adjacent to an activating group) is 1. The molecular formula is C17H26N2O2. The smallest absolute Gasteiger partial charge is 0.241 e. The molecule has 0 aromatic heterocycles. The maximum atomic E-state index is 12.3. The van der Waals surface area contributed by atoms with Gasteiger partial charge in [0.2, 0.25) is 5.91 Å². The van der Waals surface area contributed by atoms with E-state index in [0.717, 1.165) is 17.7 Å². The Kier molecular flexibility index (Phi) is 5.62. The van der Waals surface area contributed by atoms with E-state index in [-0.39, 0.29) is 12.5 Å². The third-order valence-corrected chi connectivity index (χ3v) is 4.51. The number of aliphatic hydroxyl groups is 1. The summed E-state index contributed by atoms with van der Waals surface area (Å²) in [5.74, 6) is 0.716. The van der Waals surface area contributed by atoms with Gasteiger partial charge in [-0.05, 0) is 36.5 Å². The van der Waals surface area contributed by atoms with Gasteiger partial charge in [0.25, 0.3) is 0 Å². The zero-order valence-electron chi connectivity index (χ0n) is 13.0. The first-order valence-electron chi connectivity index (χ1n) is 7.81. The molecule has 0 spiro atoms. The summed E-state index contributed by atoms with van der Waals surface area (Å²) in [5, 5.41) is 12.3. The van der Waals surface area contributed by atoms with Gasteiger partial charge in [0.15, 0.2) is 0 Å². The molecule has 21 heavy (non-hydrogen) atoms. The van der Waals surface area contributed by atoms with Gasteiger partial charge in [0, 0.05) is 18.8 Å². The van der Waals surface area contributed by atoms with Crippen molar-refractivity contribution in [2.75, 3.05) is 18.9 Å². The Labute approximate surface area is 127 Å². The minimum atomic E-state index is 0.0168. The topological polar surface area (TPSA) is 52.6 Å². The Morgan fingerprint density at radius 1 is 1.38 bits per heavy atom. The maximum Gasteiger partial charge on any atom is 0.241 e. The summed E-state index contributed by atoms with van der Waals surface area (Å²) in [6, 6.07) is 7.90. The van der Waals surface area contributed by atoms with Crippen LogP contribution in [0.15, 0.2) is 24.3 Å². The third-order valence-electron chi connectivity index (χ3n) is 4.51. The first-order valence-corrected chi connectivity index (χ1v) is 7.81. The Morgan fingerprint density at radius 2 is 2.14 bits per heavy atom. The molecule has 0 unspecified atom stereocenters. The van der Waals surface area contributed by atoms with Crippen molar-refractivity contribution in [3.63, 3.8) is 0 Å². The maximum absolute atomic E-state index is 12.3. The molecule has 1 aromatic rings. The van der Waals surface area contributed by atoms with Crippen LogP contribution in [0.25, 0.3) is 0 Å². The molecule has 2 atom stereocenters. The van der Waals surface area contributed by atoms with Crippen molar-refractivity contribution >= 4 is 11.6 Å². The van der Waals surface area contributed by atoms with Crippen molar-refractivity contribution in [1.82, 2.24) is 4.90 Å². The number of amides is 1. The molecule has 1 amide bonds. The molecule has 4 heteroatoms. The van der Waals surface area contributed by atoms with Gasteiger partial charge in [0.05, 0.1) is 13.2 Å². The fourth-order valence-electron chi connectivity index (χ4n) is 3.14. The van der Waals surface area contributed by atoms with Crippen LogP contribution in [0.5, 0.6) is 0 Å². The van der Waals surface area contributed by atoms with Crippen molar-refractivity contribution in [3.05, 3.63) is 29.8 Å². The average molecular weight is 290 g/mol. The number of rotatable bonds is 5. The minimum Gasteiger partial charge on any atom is -0.392 e. The summed E-state index contributed by atoms with van der Waals surface area (Å²) in [6.07, 6.45) is 4.84. The number of hydrogen-bond donors (Lipinski definition) is 2. The highest BCUT2D eigenvalue weighted by molar-refractivity contribution is 5.81. The highest BCUT2D eigenvalue weighted by Gasteiger charge is 2.27. The molecule has 0 saturated heterocycles. The molecule has 1 fully saturated rings. The predicted octanol–water partition coefficient (Wildman–Crippen LogP) is 2.63. The van der Waals surface area contributed by atoms with Gasteiger partial charge >= 0.3 is 0 Å². The highest BCUT2D eigenvalue weighted by atomic mass is 16.3. The molecule has 0 aliphatic heterocycles. The molecule has 116 valence electrons. The molecular weight excluding hydrogens is 264 g/mol. The molecule has 0 radical (unpaired) electrons. The van der Waals surface area contributed by atoms with Crippen molar-refractivity contribution in [2.45, 2.75) is 45.3 Å². The fourth-order valence-corrected chi connectivity index (χ4v) is 3.14. The molecule has 0 bridgehead atoms. The summed E-state index contributed by atoms with van der Waals surface area (Å²) in [5.41, 5.74) is 1.72. The number of carbonyl (C=O) groups is 1. The first kappa shape index (κ1) is 15.8. The van der Waals surface area contributed by atoms with Crippen LogP contribution in [0.2, 0.25) is 0 Å². The molecule has 4 nitrogen and oxygen atoms in total. The molecule has 0 heterocycles. The van der Waals surface area contributed by atoms with Gasteiger partial charge in [-0.2, -0.15) is 0 Å². The van der Waals surface area contributed by atoms with Crippen LogP contribution in [0, 0.1) is 5.92 Å². The van der Waals surface area contributed by atoms with E-state index in [1.165, 1.54) is 19.3 Å². The van der Waals surface area contributed by atoms with Crippen LogP contribution >= 0.6 is 0 Å². The molecule has 1 aliphatic carbocycles. The number of carbonyl (C=O) groups excluding carboxylic acids is 1. The van der Waals surface area contributed by atoms with E-state index < -0.39 is 0 Å². The number of nitrogens with one attached hydrogen (secondary N) is 1. The number of hydrogen-bond acceptors (Lipinski definition) is 3. The Balaban J connectivity index is 1.88. The lowest BCUT2D eigenvalue weighted by Crippen LogP contribution is -2.44. The first-order chi connectivity index (χ1) is 10.1. The summed E-state index contributed by atoms with van der Waals surface area (Å²) in [4.78, 5) is 14.2. The van der Waals surface area contributed by atoms with Crippen molar-refractivity contribution < 1.29 is 9.90 Å². The molecule has 1 aromatic carbocycles. The van der Waals surface area contributed by atoms with Gasteiger partial charge in [-0.1, -0.05) is 31.9 Å². The lowest BCUT2D eigenvalue weighted by Gasteiger charge is -2.36. The Bertz CT molecular complexity index is 476. The van der Waals surface area contributed by atoms with E-state index in [4.69, 9.17) is 5.11 Å². The van der Waals surface area contributed by atoms with E-state index in [0.29, 0.717) is 18.5 Å². The molecule has 1 saturated carbocycles. The van der Waals surface area contributed by atoms with Crippen LogP contribution in [0.3, 0.4) is 0 Å². The van der Waals surface area contributed by atoms with E-state index in [1.54, 1.807) is 0 Å². The van der Waals surface area contributed by atoms with Crippen LogP contribution in [0.1, 0.15) is 38.2 Å². The number of aliphatic hydroxyl groups excluding tert-OH is 1. The van der Waals surface area contributed by atoms with Gasteiger partial charge < -0.3 is 15.3 Å². The van der Waals surface area contributed by atoms with Gasteiger partial charge in [-0.3, -0.25) is 4.79 Å². The van der Waals surface area contributed by atoms with E-state index in [9.17, 15) is 4.79 Å². The zero-order chi connectivity index (χ0) is 15.2. The van der Waals surface area contributed by atoms with E-state index >= 15 is 0 Å². The lowest BCUT2D eigenvalue weighted by atomic mass is 9.85. The standard InChI is InChI=1S/C17H26N2O2/c1-13-6-3-4-9-16(13)19(2)17(21)11-18-15-8-5-7-14(10-15)12-20/h5,7-8,10,13,16,18,20H,3-4,6,9,11-12H2,1-2H3/t13-,16-/m1/s1. The quantitative estimate of drug-likeness (QED) is 0.876. The SMILES string of the molecule is C[C@@H]1CCCC[C@H]1N(C)C(=O)CNc1cccc(CO)c1. The van der Waals surface area contributed by atoms with Gasteiger partial charge in [-0.15, -0.1) is 0 Å². The summed E-state index contributed by atoms with van der Waals surface area (Å²) >= 11 is 0. The summed E-state index contributed by atoms with van der Waals surface area (Å²) < 4.78 is 0. The van der Waals surface area contributed by atoms with Gasteiger partial charge in [0.1, 0.15) is 0 Å². The predicted molar refractivity (Wildman–Crippen MR) is 85.0 cm³/mol. The number of anilines is 1. The largest absolute Gasteiger partial charge is 0.392 e. The van der Waals surface area contributed by atoms with E-state index in [2.05, 4.69) is 12.2 Å². The van der Waals surface area contributed by atoms with Crippen LogP contribution in [-0.4, -0.2) is 35.5 Å². The Morgan fingerprint density at radius 3 is 2.86 bits per heavy atom. The van der Waals surface area contributed by atoms with Crippen molar-refractivity contribution in [3.8, 4) is 0 Å². The second-order valence-corrected chi connectivity index (χ2v) is 6.05. The lowest BCUT2D eigenvalue weighted by molar-refractivity contribution is -0.131. The van der Waals surface area contributed by atoms with E-state index in [1.807, 2.05) is 36.2 Å². The van der Waals surface area contributed by atoms with Crippen LogP contribution < -0.4 is 5.32 Å². The second kappa shape index (κ2) is 7.46. The highest BCUT2D eigenvalue weighted by Crippen LogP contribution is 2.27. The normalized spacial score (nSPS) is 21.9. The van der Waals surface area contributed by atoms with Crippen molar-refractivity contribution in [1.29, 1.82) is 0 Å². The second-order valence-electron chi connectivity index (χ2n) is 6.05.